The number of fused-ring (bicyclic) bond motifs is 2. The van der Waals surface area contributed by atoms with E-state index < -0.39 is 17.7 Å². The number of carboxylic acid groups (broad SMARTS) is 1. The summed E-state index contributed by atoms with van der Waals surface area (Å²) in [5, 5.41) is 59.3. The Labute approximate surface area is 316 Å². The average molecular weight is 773 g/mol. The van der Waals surface area contributed by atoms with Gasteiger partial charge in [-0.3, -0.25) is 14.2 Å². The average Bonchev–Trinajstić information content (AvgIpc) is 3.94. The predicted octanol–water partition coefficient (Wildman–Crippen LogP) is 5.17. The van der Waals surface area contributed by atoms with Gasteiger partial charge in [0.1, 0.15) is 17.0 Å². The summed E-state index contributed by atoms with van der Waals surface area (Å²) in [6.45, 7) is 2.22. The molecule has 1 aliphatic heterocycles. The molecule has 0 radical (unpaired) electrons. The van der Waals surface area contributed by atoms with Gasteiger partial charge < -0.3 is 40.7 Å². The number of thiophene rings is 1. The second-order valence-electron chi connectivity index (χ2n) is 14.6. The summed E-state index contributed by atoms with van der Waals surface area (Å²) in [6, 6.07) is 11.6. The molecule has 294 valence electrons. The number of ether oxygens (including phenoxy) is 1. The van der Waals surface area contributed by atoms with E-state index in [4.69, 9.17) is 4.74 Å². The Hall–Kier alpha value is -4.22. The second-order valence-corrected chi connectivity index (χ2v) is 15.5. The standard InChI is InChI=1S/C38H48N6O7S.2FH/c1-43(26-10-8-24(9-11-26)27-15-18-52-36(27)38(50,37(48)49)25-5-2-3-6-25)16-4-17-44-30-13-7-23(19-29(30)41-42-44)20-39-21-32(46)28-12-14-31(45)34-35(28)51-22-33(47)40-34;;/h7,12-15,18-19,24-26,32,39,45-46,50H,2-6,8-11,16-17,20-22H2,1H3,(H,40,47)(H,48,49);2*1H/t24?,26?,32-,38+;;/m0../s1. The van der Waals surface area contributed by atoms with Gasteiger partial charge in [0.05, 0.1) is 16.5 Å². The van der Waals surface area contributed by atoms with E-state index in [1.165, 1.54) is 17.4 Å². The highest BCUT2D eigenvalue weighted by Crippen LogP contribution is 2.48. The molecular weight excluding hydrogens is 723 g/mol. The van der Waals surface area contributed by atoms with Crippen LogP contribution in [0.4, 0.5) is 15.1 Å². The number of aliphatic carboxylic acids is 1. The molecule has 3 heterocycles. The molecule has 13 nitrogen and oxygen atoms in total. The molecule has 2 atom stereocenters. The maximum atomic E-state index is 12.4. The lowest BCUT2D eigenvalue weighted by Crippen LogP contribution is -2.42. The molecule has 2 fully saturated rings. The zero-order chi connectivity index (χ0) is 36.4. The number of carboxylic acids is 1. The smallest absolute Gasteiger partial charge is 0.341 e. The van der Waals surface area contributed by atoms with Crippen molar-refractivity contribution in [1.82, 2.24) is 25.2 Å². The maximum absolute atomic E-state index is 12.4. The first-order chi connectivity index (χ1) is 25.1. The lowest BCUT2D eigenvalue weighted by molar-refractivity contribution is -0.166. The van der Waals surface area contributed by atoms with E-state index in [9.17, 15) is 30.0 Å². The van der Waals surface area contributed by atoms with E-state index >= 15 is 0 Å². The van der Waals surface area contributed by atoms with Gasteiger partial charge in [0.25, 0.3) is 5.91 Å². The van der Waals surface area contributed by atoms with Gasteiger partial charge in [-0.25, -0.2) is 9.48 Å². The van der Waals surface area contributed by atoms with Crippen LogP contribution in [0.3, 0.4) is 0 Å². The lowest BCUT2D eigenvalue weighted by Gasteiger charge is -2.36. The summed E-state index contributed by atoms with van der Waals surface area (Å²) >= 11 is 1.40. The number of rotatable bonds is 14. The molecule has 2 aromatic heterocycles. The molecule has 2 aliphatic carbocycles. The monoisotopic (exact) mass is 772 g/mol. The Morgan fingerprint density at radius 1 is 1.13 bits per heavy atom. The fraction of sp³-hybridized carbons (Fsp3) is 0.526. The van der Waals surface area contributed by atoms with Gasteiger partial charge in [-0.05, 0) is 111 Å². The van der Waals surface area contributed by atoms with Gasteiger partial charge >= 0.3 is 5.97 Å². The Morgan fingerprint density at radius 2 is 1.89 bits per heavy atom. The van der Waals surface area contributed by atoms with Crippen molar-refractivity contribution in [3.63, 3.8) is 0 Å². The fourth-order valence-electron chi connectivity index (χ4n) is 8.43. The number of carbonyl (C=O) groups is 2. The Kier molecular flexibility index (Phi) is 13.3. The molecule has 0 saturated heterocycles. The number of aliphatic hydroxyl groups is 2. The molecule has 4 aromatic rings. The summed E-state index contributed by atoms with van der Waals surface area (Å²) in [5.41, 5.74) is 2.68. The van der Waals surface area contributed by atoms with E-state index in [1.807, 2.05) is 34.3 Å². The molecule has 1 amide bonds. The Bertz CT molecular complexity index is 1910. The van der Waals surface area contributed by atoms with Gasteiger partial charge in [-0.2, -0.15) is 0 Å². The zero-order valence-electron chi connectivity index (χ0n) is 30.3. The van der Waals surface area contributed by atoms with Crippen molar-refractivity contribution >= 4 is 39.9 Å². The van der Waals surface area contributed by atoms with E-state index in [2.05, 4.69) is 32.9 Å². The number of aromatic nitrogens is 3. The minimum Gasteiger partial charge on any atom is -0.506 e. The molecule has 2 saturated carbocycles. The fourth-order valence-corrected chi connectivity index (χ4v) is 9.58. The number of phenolic OH excluding ortho intramolecular Hbond substituents is 1. The number of nitrogens with zero attached hydrogens (tertiary/aromatic N) is 4. The van der Waals surface area contributed by atoms with Crippen molar-refractivity contribution < 1.29 is 44.2 Å². The van der Waals surface area contributed by atoms with Crippen molar-refractivity contribution in [2.45, 2.75) is 94.5 Å². The molecule has 0 bridgehead atoms. The summed E-state index contributed by atoms with van der Waals surface area (Å²) in [5.74, 6) is -1.25. The maximum Gasteiger partial charge on any atom is 0.341 e. The van der Waals surface area contributed by atoms with Gasteiger partial charge in [-0.15, -0.1) is 16.4 Å². The van der Waals surface area contributed by atoms with Gasteiger partial charge in [0.2, 0.25) is 0 Å². The molecule has 2 aromatic carbocycles. The molecule has 3 aliphatic rings. The highest BCUT2D eigenvalue weighted by atomic mass is 32.1. The van der Waals surface area contributed by atoms with Crippen LogP contribution in [0.1, 0.15) is 91.4 Å². The number of aromatic hydroxyl groups is 1. The van der Waals surface area contributed by atoms with Crippen LogP contribution in [0.5, 0.6) is 11.5 Å². The first-order valence-electron chi connectivity index (χ1n) is 18.4. The summed E-state index contributed by atoms with van der Waals surface area (Å²) in [4.78, 5) is 27.2. The Morgan fingerprint density at radius 3 is 2.63 bits per heavy atom. The number of nitrogens with one attached hydrogen (secondary N) is 2. The van der Waals surface area contributed by atoms with Crippen molar-refractivity contribution in [2.24, 2.45) is 5.92 Å². The third kappa shape index (κ3) is 8.22. The first-order valence-corrected chi connectivity index (χ1v) is 19.2. The molecule has 7 rings (SSSR count). The van der Waals surface area contributed by atoms with Crippen LogP contribution >= 0.6 is 11.3 Å². The summed E-state index contributed by atoms with van der Waals surface area (Å²) < 4.78 is 7.45. The minimum atomic E-state index is -1.78. The topological polar surface area (TPSA) is 182 Å². The number of aliphatic hydroxyl groups excluding tert-OH is 1. The summed E-state index contributed by atoms with van der Waals surface area (Å²) in [7, 11) is 2.18. The minimum absolute atomic E-state index is 0. The number of amides is 1. The van der Waals surface area contributed by atoms with Crippen LogP contribution < -0.4 is 15.4 Å². The number of hydrogen-bond acceptors (Lipinski definition) is 11. The number of carbonyl (C=O) groups excluding carboxylic acids is 1. The zero-order valence-corrected chi connectivity index (χ0v) is 31.1. The quantitative estimate of drug-likeness (QED) is 0.0931. The Balaban J connectivity index is 0.00000280. The van der Waals surface area contributed by atoms with E-state index in [-0.39, 0.29) is 57.5 Å². The first kappa shape index (κ1) is 41.0. The highest BCUT2D eigenvalue weighted by molar-refractivity contribution is 7.10. The van der Waals surface area contributed by atoms with E-state index in [0.717, 1.165) is 93.0 Å². The lowest BCUT2D eigenvalue weighted by atomic mass is 9.76. The van der Waals surface area contributed by atoms with Crippen LogP contribution in [0.2, 0.25) is 0 Å². The van der Waals surface area contributed by atoms with Crippen LogP contribution in [-0.2, 0) is 28.3 Å². The third-order valence-corrected chi connectivity index (χ3v) is 12.4. The van der Waals surface area contributed by atoms with E-state index in [1.54, 1.807) is 6.07 Å². The summed E-state index contributed by atoms with van der Waals surface area (Å²) in [6.07, 6.45) is 7.53. The predicted molar refractivity (Wildman–Crippen MR) is 201 cm³/mol. The van der Waals surface area contributed by atoms with Crippen molar-refractivity contribution in [3.05, 3.63) is 63.3 Å². The molecule has 16 heteroatoms. The number of phenols is 1. The van der Waals surface area contributed by atoms with Gasteiger partial charge in [-0.1, -0.05) is 24.1 Å². The molecular formula is C38H50F2N6O7S. The number of benzene rings is 2. The van der Waals surface area contributed by atoms with Gasteiger partial charge in [0, 0.05) is 37.2 Å². The number of anilines is 1. The van der Waals surface area contributed by atoms with Crippen LogP contribution in [-0.4, -0.2) is 85.0 Å². The second kappa shape index (κ2) is 17.5. The molecule has 6 N–H and O–H groups in total. The van der Waals surface area contributed by atoms with Crippen molar-refractivity contribution in [1.29, 1.82) is 0 Å². The van der Waals surface area contributed by atoms with Crippen molar-refractivity contribution in [2.75, 3.05) is 32.1 Å². The normalized spacial score (nSPS) is 20.3. The molecule has 0 unspecified atom stereocenters. The largest absolute Gasteiger partial charge is 0.506 e. The SMILES string of the molecule is CN(CCCn1nnc2cc(CNC[C@H](O)c3ccc(O)c4c3OCC(=O)N4)ccc21)C1CCC(c2ccsc2[C@@](O)(C(=O)O)C2CCCC2)CC1.F.F. The highest BCUT2D eigenvalue weighted by Gasteiger charge is 2.49. The van der Waals surface area contributed by atoms with Crippen LogP contribution in [0.25, 0.3) is 11.0 Å². The van der Waals surface area contributed by atoms with E-state index in [0.29, 0.717) is 23.0 Å². The van der Waals surface area contributed by atoms with Gasteiger partial charge in [0.15, 0.2) is 18.0 Å². The van der Waals surface area contributed by atoms with Crippen LogP contribution in [0.15, 0.2) is 41.8 Å². The van der Waals surface area contributed by atoms with Crippen LogP contribution in [0, 0.1) is 5.92 Å². The van der Waals surface area contributed by atoms with Crippen molar-refractivity contribution in [3.8, 4) is 11.5 Å². The number of halogens is 2. The third-order valence-electron chi connectivity index (χ3n) is 11.3. The number of aryl methyl sites for hydroxylation is 1. The molecule has 0 spiro atoms. The number of hydrogen-bond donors (Lipinski definition) is 6. The molecule has 54 heavy (non-hydrogen) atoms.